The molecule has 1 aromatic rings. The van der Waals surface area contributed by atoms with E-state index in [1.807, 2.05) is 6.20 Å². The first-order chi connectivity index (χ1) is 8.98. The van der Waals surface area contributed by atoms with Gasteiger partial charge in [-0.3, -0.25) is 0 Å². The van der Waals surface area contributed by atoms with E-state index >= 15 is 0 Å². The molecule has 1 aliphatic heterocycles. The average molecular weight is 263 g/mol. The molecule has 19 heavy (non-hydrogen) atoms. The van der Waals surface area contributed by atoms with Gasteiger partial charge >= 0.3 is 0 Å². The normalized spacial score (nSPS) is 20.0. The molecule has 1 saturated heterocycles. The summed E-state index contributed by atoms with van der Waals surface area (Å²) in [5.41, 5.74) is 1.36. The van der Waals surface area contributed by atoms with Gasteiger partial charge in [0.2, 0.25) is 0 Å². The summed E-state index contributed by atoms with van der Waals surface area (Å²) in [6, 6.07) is 4.26. The van der Waals surface area contributed by atoms with Crippen LogP contribution in [0.5, 0.6) is 0 Å². The highest BCUT2D eigenvalue weighted by molar-refractivity contribution is 5.40. The van der Waals surface area contributed by atoms with Gasteiger partial charge in [-0.05, 0) is 38.8 Å². The third kappa shape index (κ3) is 4.18. The van der Waals surface area contributed by atoms with E-state index in [0.29, 0.717) is 6.10 Å². The molecule has 1 aromatic heterocycles. The molecule has 1 atom stereocenters. The van der Waals surface area contributed by atoms with E-state index in [-0.39, 0.29) is 5.54 Å². The van der Waals surface area contributed by atoms with Crippen molar-refractivity contribution in [2.75, 3.05) is 25.1 Å². The number of methoxy groups -OCH3 is 1. The molecule has 1 N–H and O–H groups in total. The van der Waals surface area contributed by atoms with E-state index in [1.54, 1.807) is 7.11 Å². The maximum atomic E-state index is 5.38. The molecule has 0 bridgehead atoms. The molecule has 0 amide bonds. The van der Waals surface area contributed by atoms with Crippen LogP contribution in [-0.2, 0) is 11.3 Å². The number of rotatable bonds is 4. The topological polar surface area (TPSA) is 37.4 Å². The fourth-order valence-corrected chi connectivity index (χ4v) is 2.20. The minimum absolute atomic E-state index is 0.138. The Kier molecular flexibility index (Phi) is 4.42. The molecule has 0 saturated carbocycles. The van der Waals surface area contributed by atoms with Crippen molar-refractivity contribution in [3.63, 3.8) is 0 Å². The van der Waals surface area contributed by atoms with Gasteiger partial charge in [-0.15, -0.1) is 0 Å². The minimum Gasteiger partial charge on any atom is -0.380 e. The summed E-state index contributed by atoms with van der Waals surface area (Å²) >= 11 is 0. The average Bonchev–Trinajstić information content (AvgIpc) is 2.85. The van der Waals surface area contributed by atoms with E-state index in [1.165, 1.54) is 5.56 Å². The third-order valence-electron chi connectivity index (χ3n) is 3.43. The Bertz CT molecular complexity index is 397. The zero-order chi connectivity index (χ0) is 13.9. The Labute approximate surface area is 116 Å². The fraction of sp³-hybridized carbons (Fsp3) is 0.667. The molecule has 2 heterocycles. The van der Waals surface area contributed by atoms with E-state index < -0.39 is 0 Å². The van der Waals surface area contributed by atoms with Crippen LogP contribution in [0.1, 0.15) is 32.8 Å². The first-order valence-corrected chi connectivity index (χ1v) is 6.95. The van der Waals surface area contributed by atoms with Crippen molar-refractivity contribution < 1.29 is 4.74 Å². The van der Waals surface area contributed by atoms with Gasteiger partial charge in [-0.25, -0.2) is 4.98 Å². The van der Waals surface area contributed by atoms with Crippen molar-refractivity contribution in [3.8, 4) is 0 Å². The second kappa shape index (κ2) is 5.88. The lowest BCUT2D eigenvalue weighted by atomic mass is 10.1. The summed E-state index contributed by atoms with van der Waals surface area (Å²) in [4.78, 5) is 6.85. The van der Waals surface area contributed by atoms with Crippen molar-refractivity contribution in [1.29, 1.82) is 0 Å². The highest BCUT2D eigenvalue weighted by Gasteiger charge is 2.22. The predicted octanol–water partition coefficient (Wildman–Crippen LogP) is 2.19. The van der Waals surface area contributed by atoms with Crippen molar-refractivity contribution >= 4 is 5.82 Å². The van der Waals surface area contributed by atoms with Crippen LogP contribution in [0.25, 0.3) is 0 Å². The molecule has 2 rings (SSSR count). The number of hydrogen-bond donors (Lipinski definition) is 1. The molecule has 4 nitrogen and oxygen atoms in total. The van der Waals surface area contributed by atoms with E-state index in [2.05, 4.69) is 48.1 Å². The highest BCUT2D eigenvalue weighted by atomic mass is 16.5. The maximum absolute atomic E-state index is 5.38. The smallest absolute Gasteiger partial charge is 0.128 e. The van der Waals surface area contributed by atoms with Gasteiger partial charge in [0.05, 0.1) is 6.10 Å². The summed E-state index contributed by atoms with van der Waals surface area (Å²) in [6.45, 7) is 9.35. The Morgan fingerprint density at radius 2 is 2.21 bits per heavy atom. The SMILES string of the molecule is COC1CCN(c2ccc(CNC(C)(C)C)cn2)C1. The Hall–Kier alpha value is -1.13. The van der Waals surface area contributed by atoms with Crippen LogP contribution in [-0.4, -0.2) is 36.8 Å². The van der Waals surface area contributed by atoms with E-state index in [4.69, 9.17) is 4.74 Å². The summed E-state index contributed by atoms with van der Waals surface area (Å²) in [5.74, 6) is 1.05. The molecular formula is C15H25N3O. The molecular weight excluding hydrogens is 238 g/mol. The molecule has 0 spiro atoms. The zero-order valence-corrected chi connectivity index (χ0v) is 12.4. The summed E-state index contributed by atoms with van der Waals surface area (Å²) < 4.78 is 5.38. The molecule has 0 aromatic carbocycles. The second-order valence-electron chi connectivity index (χ2n) is 6.22. The van der Waals surface area contributed by atoms with Crippen molar-refractivity contribution in [2.24, 2.45) is 0 Å². The van der Waals surface area contributed by atoms with Crippen molar-refractivity contribution in [2.45, 2.75) is 45.4 Å². The standard InChI is InChI=1S/C15H25N3O/c1-15(2,3)17-10-12-5-6-14(16-9-12)18-8-7-13(11-18)19-4/h5-6,9,13,17H,7-8,10-11H2,1-4H3. The van der Waals surface area contributed by atoms with Gasteiger partial charge in [-0.1, -0.05) is 6.07 Å². The maximum Gasteiger partial charge on any atom is 0.128 e. The monoisotopic (exact) mass is 263 g/mol. The van der Waals surface area contributed by atoms with Crippen LogP contribution in [0.3, 0.4) is 0 Å². The van der Waals surface area contributed by atoms with Crippen molar-refractivity contribution in [1.82, 2.24) is 10.3 Å². The van der Waals surface area contributed by atoms with Crippen LogP contribution in [0, 0.1) is 0 Å². The Morgan fingerprint density at radius 3 is 2.74 bits per heavy atom. The fourth-order valence-electron chi connectivity index (χ4n) is 2.20. The summed E-state index contributed by atoms with van der Waals surface area (Å²) in [5, 5.41) is 3.47. The number of hydrogen-bond acceptors (Lipinski definition) is 4. The number of pyridine rings is 1. The summed E-state index contributed by atoms with van der Waals surface area (Å²) in [6.07, 6.45) is 3.41. The molecule has 0 radical (unpaired) electrons. The van der Waals surface area contributed by atoms with Crippen LogP contribution in [0.15, 0.2) is 18.3 Å². The highest BCUT2D eigenvalue weighted by Crippen LogP contribution is 2.19. The first-order valence-electron chi connectivity index (χ1n) is 6.95. The van der Waals surface area contributed by atoms with Gasteiger partial charge in [0.1, 0.15) is 5.82 Å². The Balaban J connectivity index is 1.92. The minimum atomic E-state index is 0.138. The van der Waals surface area contributed by atoms with E-state index in [0.717, 1.165) is 31.9 Å². The van der Waals surface area contributed by atoms with Crippen LogP contribution in [0.2, 0.25) is 0 Å². The molecule has 1 fully saturated rings. The Morgan fingerprint density at radius 1 is 1.42 bits per heavy atom. The number of nitrogens with one attached hydrogen (secondary N) is 1. The van der Waals surface area contributed by atoms with Gasteiger partial charge in [-0.2, -0.15) is 0 Å². The molecule has 4 heteroatoms. The largest absolute Gasteiger partial charge is 0.380 e. The summed E-state index contributed by atoms with van der Waals surface area (Å²) in [7, 11) is 1.78. The number of anilines is 1. The van der Waals surface area contributed by atoms with Crippen LogP contribution >= 0.6 is 0 Å². The number of ether oxygens (including phenoxy) is 1. The second-order valence-corrected chi connectivity index (χ2v) is 6.22. The van der Waals surface area contributed by atoms with Gasteiger partial charge < -0.3 is 15.0 Å². The first kappa shape index (κ1) is 14.3. The van der Waals surface area contributed by atoms with E-state index in [9.17, 15) is 0 Å². The number of aromatic nitrogens is 1. The number of nitrogens with zero attached hydrogens (tertiary/aromatic N) is 2. The third-order valence-corrected chi connectivity index (χ3v) is 3.43. The van der Waals surface area contributed by atoms with Crippen LogP contribution in [0.4, 0.5) is 5.82 Å². The molecule has 1 aliphatic rings. The van der Waals surface area contributed by atoms with Crippen LogP contribution < -0.4 is 10.2 Å². The quantitative estimate of drug-likeness (QED) is 0.903. The lowest BCUT2D eigenvalue weighted by Crippen LogP contribution is -2.35. The predicted molar refractivity (Wildman–Crippen MR) is 78.5 cm³/mol. The molecule has 0 aliphatic carbocycles. The molecule has 106 valence electrons. The molecule has 1 unspecified atom stereocenters. The lowest BCUT2D eigenvalue weighted by molar-refractivity contribution is 0.121. The van der Waals surface area contributed by atoms with Gasteiger partial charge in [0.15, 0.2) is 0 Å². The van der Waals surface area contributed by atoms with Gasteiger partial charge in [0.25, 0.3) is 0 Å². The zero-order valence-electron chi connectivity index (χ0n) is 12.4. The lowest BCUT2D eigenvalue weighted by Gasteiger charge is -2.21. The van der Waals surface area contributed by atoms with Crippen molar-refractivity contribution in [3.05, 3.63) is 23.9 Å². The van der Waals surface area contributed by atoms with Gasteiger partial charge in [0, 0.05) is 38.5 Å².